The maximum atomic E-state index is 12.2. The summed E-state index contributed by atoms with van der Waals surface area (Å²) in [6.07, 6.45) is -0.434. The number of ether oxygens (including phenoxy) is 3. The summed E-state index contributed by atoms with van der Waals surface area (Å²) in [5.74, 6) is 0.771. The first-order valence-electron chi connectivity index (χ1n) is 7.56. The number of fused-ring (bicyclic) bond motifs is 1. The summed E-state index contributed by atoms with van der Waals surface area (Å²) in [7, 11) is 0. The number of nitrogens with zero attached hydrogens (tertiary/aromatic N) is 3. The van der Waals surface area contributed by atoms with Crippen LogP contribution in [0.3, 0.4) is 0 Å². The summed E-state index contributed by atoms with van der Waals surface area (Å²) in [5.41, 5.74) is -0.130. The van der Waals surface area contributed by atoms with E-state index >= 15 is 0 Å². The molecular formula is C17H19N3O4. The van der Waals surface area contributed by atoms with Gasteiger partial charge in [0.2, 0.25) is 0 Å². The highest BCUT2D eigenvalue weighted by Crippen LogP contribution is 2.31. The van der Waals surface area contributed by atoms with Crippen molar-refractivity contribution in [3.05, 3.63) is 23.3 Å². The van der Waals surface area contributed by atoms with Crippen LogP contribution in [0.5, 0.6) is 11.5 Å². The Balaban J connectivity index is 2.15. The third-order valence-corrected chi connectivity index (χ3v) is 3.21. The molecule has 1 aromatic carbocycles. The van der Waals surface area contributed by atoms with Crippen LogP contribution in [-0.4, -0.2) is 42.9 Å². The minimum Gasteiger partial charge on any atom is -0.488 e. The summed E-state index contributed by atoms with van der Waals surface area (Å²) in [6, 6.07) is 6.88. The van der Waals surface area contributed by atoms with Crippen LogP contribution in [0.25, 0.3) is 0 Å². The van der Waals surface area contributed by atoms with E-state index in [0.717, 1.165) is 0 Å². The van der Waals surface area contributed by atoms with Crippen LogP contribution in [-0.2, 0) is 4.74 Å². The molecule has 0 saturated heterocycles. The lowest BCUT2D eigenvalue weighted by Crippen LogP contribution is -2.40. The molecule has 1 aromatic rings. The number of rotatable bonds is 0. The van der Waals surface area contributed by atoms with E-state index in [1.807, 2.05) is 12.1 Å². The molecule has 0 N–H and O–H groups in total. The lowest BCUT2D eigenvalue weighted by atomic mass is 10.1. The fraction of sp³-hybridized carbons (Fsp3) is 0.471. The smallest absolute Gasteiger partial charge is 0.410 e. The highest BCUT2D eigenvalue weighted by molar-refractivity contribution is 5.68. The van der Waals surface area contributed by atoms with E-state index in [4.69, 9.17) is 24.7 Å². The van der Waals surface area contributed by atoms with Crippen molar-refractivity contribution < 1.29 is 19.0 Å². The van der Waals surface area contributed by atoms with Gasteiger partial charge in [-0.15, -0.1) is 0 Å². The van der Waals surface area contributed by atoms with Gasteiger partial charge in [-0.1, -0.05) is 0 Å². The standard InChI is InChI=1S/C17H19N3O4/c1-17(2,3)24-16(21)20-4-6-22-14-8-12(10-18)13(11-19)9-15(14)23-7-5-20/h8-9H,4-7H2,1-3H3. The summed E-state index contributed by atoms with van der Waals surface area (Å²) >= 11 is 0. The molecule has 0 atom stereocenters. The Bertz CT molecular complexity index is 663. The second-order valence-electron chi connectivity index (χ2n) is 6.23. The Hall–Kier alpha value is -2.93. The van der Waals surface area contributed by atoms with Crippen LogP contribution >= 0.6 is 0 Å². The van der Waals surface area contributed by atoms with Gasteiger partial charge >= 0.3 is 6.09 Å². The van der Waals surface area contributed by atoms with Crippen molar-refractivity contribution in [1.29, 1.82) is 10.5 Å². The van der Waals surface area contributed by atoms with Crippen molar-refractivity contribution in [2.75, 3.05) is 26.3 Å². The zero-order chi connectivity index (χ0) is 17.7. The minimum absolute atomic E-state index is 0.225. The molecule has 0 spiro atoms. The highest BCUT2D eigenvalue weighted by atomic mass is 16.6. The van der Waals surface area contributed by atoms with Gasteiger partial charge in [0.25, 0.3) is 0 Å². The Labute approximate surface area is 140 Å². The molecule has 126 valence electrons. The fourth-order valence-corrected chi connectivity index (χ4v) is 2.12. The topological polar surface area (TPSA) is 95.6 Å². The van der Waals surface area contributed by atoms with Gasteiger partial charge in [-0.3, -0.25) is 0 Å². The number of amides is 1. The van der Waals surface area contributed by atoms with Gasteiger partial charge in [0.05, 0.1) is 24.2 Å². The molecule has 0 fully saturated rings. The molecule has 0 bridgehead atoms. The summed E-state index contributed by atoms with van der Waals surface area (Å²) < 4.78 is 16.6. The van der Waals surface area contributed by atoms with E-state index in [0.29, 0.717) is 24.6 Å². The molecule has 7 heteroatoms. The molecule has 0 unspecified atom stereocenters. The van der Waals surface area contributed by atoms with E-state index in [9.17, 15) is 4.79 Å². The molecule has 2 rings (SSSR count). The first kappa shape index (κ1) is 17.4. The molecule has 1 aliphatic rings. The Morgan fingerprint density at radius 1 is 1.08 bits per heavy atom. The number of carbonyl (C=O) groups excluding carboxylic acids is 1. The molecule has 0 aromatic heterocycles. The Kier molecular flexibility index (Phi) is 5.15. The third kappa shape index (κ3) is 4.30. The molecule has 1 heterocycles. The minimum atomic E-state index is -0.580. The van der Waals surface area contributed by atoms with Crippen molar-refractivity contribution in [2.45, 2.75) is 26.4 Å². The molecule has 1 aliphatic heterocycles. The second kappa shape index (κ2) is 7.10. The SMILES string of the molecule is CC(C)(C)OC(=O)N1CCOc2cc(C#N)c(C#N)cc2OCC1. The van der Waals surface area contributed by atoms with Crippen LogP contribution in [0, 0.1) is 22.7 Å². The largest absolute Gasteiger partial charge is 0.488 e. The maximum absolute atomic E-state index is 12.2. The number of benzene rings is 1. The zero-order valence-corrected chi connectivity index (χ0v) is 14.0. The van der Waals surface area contributed by atoms with Crippen molar-refractivity contribution in [3.63, 3.8) is 0 Å². The van der Waals surface area contributed by atoms with E-state index in [1.54, 1.807) is 20.8 Å². The molecular weight excluding hydrogens is 310 g/mol. The van der Waals surface area contributed by atoms with Crippen molar-refractivity contribution in [2.24, 2.45) is 0 Å². The number of hydrogen-bond acceptors (Lipinski definition) is 6. The van der Waals surface area contributed by atoms with Gasteiger partial charge in [0, 0.05) is 12.1 Å². The molecule has 0 aliphatic carbocycles. The van der Waals surface area contributed by atoms with Crippen LogP contribution in [0.2, 0.25) is 0 Å². The predicted octanol–water partition coefficient (Wildman–Crippen LogP) is 2.44. The van der Waals surface area contributed by atoms with Gasteiger partial charge in [-0.25, -0.2) is 4.79 Å². The second-order valence-corrected chi connectivity index (χ2v) is 6.23. The molecule has 0 saturated carbocycles. The summed E-state index contributed by atoms with van der Waals surface area (Å²) in [6.45, 7) is 6.53. The molecule has 24 heavy (non-hydrogen) atoms. The molecule has 0 radical (unpaired) electrons. The Morgan fingerprint density at radius 2 is 1.54 bits per heavy atom. The van der Waals surface area contributed by atoms with Crippen LogP contribution in [0.4, 0.5) is 4.79 Å². The van der Waals surface area contributed by atoms with Crippen molar-refractivity contribution in [1.82, 2.24) is 4.90 Å². The van der Waals surface area contributed by atoms with Gasteiger partial charge in [-0.05, 0) is 20.8 Å². The first-order chi connectivity index (χ1) is 11.3. The molecule has 7 nitrogen and oxygen atoms in total. The number of carbonyl (C=O) groups is 1. The maximum Gasteiger partial charge on any atom is 0.410 e. The van der Waals surface area contributed by atoms with E-state index < -0.39 is 11.7 Å². The van der Waals surface area contributed by atoms with Gasteiger partial charge in [0.1, 0.15) is 31.0 Å². The first-order valence-corrected chi connectivity index (χ1v) is 7.56. The number of nitriles is 2. The Morgan fingerprint density at radius 3 is 1.92 bits per heavy atom. The zero-order valence-electron chi connectivity index (χ0n) is 14.0. The number of hydrogen-bond donors (Lipinski definition) is 0. The quantitative estimate of drug-likeness (QED) is 0.725. The van der Waals surface area contributed by atoms with Crippen LogP contribution < -0.4 is 9.47 Å². The van der Waals surface area contributed by atoms with Gasteiger partial charge in [-0.2, -0.15) is 10.5 Å². The third-order valence-electron chi connectivity index (χ3n) is 3.21. The monoisotopic (exact) mass is 329 g/mol. The van der Waals surface area contributed by atoms with E-state index in [2.05, 4.69) is 0 Å². The highest BCUT2D eigenvalue weighted by Gasteiger charge is 2.23. The van der Waals surface area contributed by atoms with E-state index in [1.165, 1.54) is 17.0 Å². The normalized spacial score (nSPS) is 14.5. The summed E-state index contributed by atoms with van der Waals surface area (Å²) in [4.78, 5) is 13.7. The van der Waals surface area contributed by atoms with Crippen molar-refractivity contribution >= 4 is 6.09 Å². The predicted molar refractivity (Wildman–Crippen MR) is 84.7 cm³/mol. The lowest BCUT2D eigenvalue weighted by molar-refractivity contribution is 0.0213. The van der Waals surface area contributed by atoms with Crippen LogP contribution in [0.15, 0.2) is 12.1 Å². The summed E-state index contributed by atoms with van der Waals surface area (Å²) in [5, 5.41) is 18.2. The van der Waals surface area contributed by atoms with Crippen LogP contribution in [0.1, 0.15) is 31.9 Å². The lowest BCUT2D eigenvalue weighted by Gasteiger charge is -2.26. The molecule has 1 amide bonds. The van der Waals surface area contributed by atoms with Gasteiger partial charge < -0.3 is 19.1 Å². The average Bonchev–Trinajstić information content (AvgIpc) is 2.61. The average molecular weight is 329 g/mol. The van der Waals surface area contributed by atoms with E-state index in [-0.39, 0.29) is 24.3 Å². The van der Waals surface area contributed by atoms with Crippen molar-refractivity contribution in [3.8, 4) is 23.6 Å². The van der Waals surface area contributed by atoms with Gasteiger partial charge in [0.15, 0.2) is 11.5 Å². The fourth-order valence-electron chi connectivity index (χ4n) is 2.12.